The standard InChI is InChI=1S/C14H29N3O/c1-4-9-16-14(3,13(15)18)11-17-10-7-6-8-12(17)5-2/h12,16H,4-11H2,1-3H3,(H2,15,18). The molecule has 0 bridgehead atoms. The van der Waals surface area contributed by atoms with E-state index in [9.17, 15) is 4.79 Å². The SMILES string of the molecule is CCCNC(C)(CN1CCCCC1CC)C(N)=O. The maximum absolute atomic E-state index is 11.7. The summed E-state index contributed by atoms with van der Waals surface area (Å²) in [5, 5.41) is 3.32. The van der Waals surface area contributed by atoms with Gasteiger partial charge in [-0.05, 0) is 45.7 Å². The summed E-state index contributed by atoms with van der Waals surface area (Å²) in [7, 11) is 0. The molecule has 4 nitrogen and oxygen atoms in total. The first-order chi connectivity index (χ1) is 8.53. The minimum absolute atomic E-state index is 0.239. The zero-order chi connectivity index (χ0) is 13.6. The molecule has 18 heavy (non-hydrogen) atoms. The van der Waals surface area contributed by atoms with E-state index in [1.165, 1.54) is 19.3 Å². The van der Waals surface area contributed by atoms with Gasteiger partial charge >= 0.3 is 0 Å². The third-order valence-corrected chi connectivity index (χ3v) is 4.05. The van der Waals surface area contributed by atoms with Crippen LogP contribution in [0.4, 0.5) is 0 Å². The second kappa shape index (κ2) is 7.10. The quantitative estimate of drug-likeness (QED) is 0.725. The average molecular weight is 255 g/mol. The van der Waals surface area contributed by atoms with Gasteiger partial charge in [-0.1, -0.05) is 20.3 Å². The van der Waals surface area contributed by atoms with Crippen LogP contribution in [-0.4, -0.2) is 42.0 Å². The summed E-state index contributed by atoms with van der Waals surface area (Å²) < 4.78 is 0. The Hall–Kier alpha value is -0.610. The summed E-state index contributed by atoms with van der Waals surface area (Å²) in [5.41, 5.74) is 4.99. The largest absolute Gasteiger partial charge is 0.368 e. The molecule has 1 aliphatic rings. The smallest absolute Gasteiger partial charge is 0.238 e. The van der Waals surface area contributed by atoms with Crippen molar-refractivity contribution < 1.29 is 4.79 Å². The second-order valence-corrected chi connectivity index (χ2v) is 5.65. The molecule has 0 aromatic carbocycles. The molecule has 1 amide bonds. The van der Waals surface area contributed by atoms with Crippen molar-refractivity contribution in [2.75, 3.05) is 19.6 Å². The molecule has 0 aromatic heterocycles. The maximum Gasteiger partial charge on any atom is 0.238 e. The summed E-state index contributed by atoms with van der Waals surface area (Å²) >= 11 is 0. The third kappa shape index (κ3) is 3.95. The highest BCUT2D eigenvalue weighted by atomic mass is 16.1. The van der Waals surface area contributed by atoms with E-state index in [1.807, 2.05) is 6.92 Å². The minimum atomic E-state index is -0.596. The summed E-state index contributed by atoms with van der Waals surface area (Å²) in [6.07, 6.45) is 5.96. The molecule has 0 aromatic rings. The lowest BCUT2D eigenvalue weighted by Crippen LogP contribution is -2.61. The number of nitrogens with zero attached hydrogens (tertiary/aromatic N) is 1. The molecule has 0 saturated carbocycles. The van der Waals surface area contributed by atoms with Gasteiger partial charge < -0.3 is 11.1 Å². The van der Waals surface area contributed by atoms with Crippen LogP contribution in [-0.2, 0) is 4.79 Å². The molecule has 1 heterocycles. The van der Waals surface area contributed by atoms with Crippen molar-refractivity contribution >= 4 is 5.91 Å². The molecule has 2 unspecified atom stereocenters. The number of carbonyl (C=O) groups is 1. The van der Waals surface area contributed by atoms with E-state index in [4.69, 9.17) is 5.73 Å². The first-order valence-corrected chi connectivity index (χ1v) is 7.32. The van der Waals surface area contributed by atoms with Crippen molar-refractivity contribution in [3.8, 4) is 0 Å². The number of nitrogens with two attached hydrogens (primary N) is 1. The van der Waals surface area contributed by atoms with Gasteiger partial charge in [0.25, 0.3) is 0 Å². The average Bonchev–Trinajstić information content (AvgIpc) is 2.37. The minimum Gasteiger partial charge on any atom is -0.368 e. The van der Waals surface area contributed by atoms with Crippen LogP contribution in [0, 0.1) is 0 Å². The molecule has 106 valence electrons. The van der Waals surface area contributed by atoms with Crippen LogP contribution in [0.5, 0.6) is 0 Å². The number of hydrogen-bond donors (Lipinski definition) is 2. The van der Waals surface area contributed by atoms with E-state index >= 15 is 0 Å². The van der Waals surface area contributed by atoms with E-state index < -0.39 is 5.54 Å². The van der Waals surface area contributed by atoms with Gasteiger partial charge in [0.2, 0.25) is 5.91 Å². The van der Waals surface area contributed by atoms with Crippen molar-refractivity contribution in [3.05, 3.63) is 0 Å². The van der Waals surface area contributed by atoms with Crippen LogP contribution in [0.1, 0.15) is 52.9 Å². The number of rotatable bonds is 7. The topological polar surface area (TPSA) is 58.4 Å². The summed E-state index contributed by atoms with van der Waals surface area (Å²) in [6.45, 7) is 8.93. The van der Waals surface area contributed by atoms with Crippen molar-refractivity contribution in [2.24, 2.45) is 5.73 Å². The highest BCUT2D eigenvalue weighted by Gasteiger charge is 2.35. The van der Waals surface area contributed by atoms with E-state index in [0.717, 1.165) is 32.5 Å². The van der Waals surface area contributed by atoms with Gasteiger partial charge in [-0.2, -0.15) is 0 Å². The van der Waals surface area contributed by atoms with Gasteiger partial charge in [-0.3, -0.25) is 9.69 Å². The number of carbonyl (C=O) groups excluding carboxylic acids is 1. The predicted octanol–water partition coefficient (Wildman–Crippen LogP) is 1.49. The Morgan fingerprint density at radius 2 is 2.17 bits per heavy atom. The molecule has 1 saturated heterocycles. The van der Waals surface area contributed by atoms with Crippen molar-refractivity contribution in [2.45, 2.75) is 64.5 Å². The molecular weight excluding hydrogens is 226 g/mol. The zero-order valence-corrected chi connectivity index (χ0v) is 12.2. The van der Waals surface area contributed by atoms with E-state index in [2.05, 4.69) is 24.1 Å². The molecule has 4 heteroatoms. The number of hydrogen-bond acceptors (Lipinski definition) is 3. The Balaban J connectivity index is 2.66. The first kappa shape index (κ1) is 15.4. The summed E-state index contributed by atoms with van der Waals surface area (Å²) in [4.78, 5) is 14.2. The molecule has 1 fully saturated rings. The fraction of sp³-hybridized carbons (Fsp3) is 0.929. The van der Waals surface area contributed by atoms with E-state index in [1.54, 1.807) is 0 Å². The Morgan fingerprint density at radius 1 is 1.44 bits per heavy atom. The number of nitrogens with one attached hydrogen (secondary N) is 1. The Bertz CT molecular complexity index is 270. The molecule has 0 aliphatic carbocycles. The maximum atomic E-state index is 11.7. The molecule has 3 N–H and O–H groups in total. The fourth-order valence-corrected chi connectivity index (χ4v) is 2.76. The normalized spacial score (nSPS) is 24.7. The van der Waals surface area contributed by atoms with Crippen LogP contribution in [0.25, 0.3) is 0 Å². The van der Waals surface area contributed by atoms with E-state index in [0.29, 0.717) is 6.04 Å². The van der Waals surface area contributed by atoms with Crippen molar-refractivity contribution in [1.29, 1.82) is 0 Å². The highest BCUT2D eigenvalue weighted by molar-refractivity contribution is 5.84. The van der Waals surface area contributed by atoms with Gasteiger partial charge in [-0.25, -0.2) is 0 Å². The highest BCUT2D eigenvalue weighted by Crippen LogP contribution is 2.21. The zero-order valence-electron chi connectivity index (χ0n) is 12.2. The second-order valence-electron chi connectivity index (χ2n) is 5.65. The Kier molecular flexibility index (Phi) is 6.09. The number of amides is 1. The predicted molar refractivity (Wildman–Crippen MR) is 75.4 cm³/mol. The summed E-state index contributed by atoms with van der Waals surface area (Å²) in [5.74, 6) is -0.239. The fourth-order valence-electron chi connectivity index (χ4n) is 2.76. The van der Waals surface area contributed by atoms with E-state index in [-0.39, 0.29) is 5.91 Å². The van der Waals surface area contributed by atoms with Crippen molar-refractivity contribution in [1.82, 2.24) is 10.2 Å². The lowest BCUT2D eigenvalue weighted by molar-refractivity contribution is -0.125. The number of likely N-dealkylation sites (tertiary alicyclic amines) is 1. The molecule has 0 radical (unpaired) electrons. The lowest BCUT2D eigenvalue weighted by atomic mass is 9.94. The number of piperidine rings is 1. The van der Waals surface area contributed by atoms with Gasteiger partial charge in [-0.15, -0.1) is 0 Å². The summed E-state index contributed by atoms with van der Waals surface area (Å²) in [6, 6.07) is 0.612. The molecule has 1 rings (SSSR count). The lowest BCUT2D eigenvalue weighted by Gasteiger charge is -2.40. The van der Waals surface area contributed by atoms with Crippen LogP contribution < -0.4 is 11.1 Å². The Morgan fingerprint density at radius 3 is 2.72 bits per heavy atom. The first-order valence-electron chi connectivity index (χ1n) is 7.32. The molecule has 0 spiro atoms. The van der Waals surface area contributed by atoms with Crippen molar-refractivity contribution in [3.63, 3.8) is 0 Å². The Labute approximate surface area is 111 Å². The van der Waals surface area contributed by atoms with Gasteiger partial charge in [0, 0.05) is 12.6 Å². The van der Waals surface area contributed by atoms with Crippen LogP contribution in [0.15, 0.2) is 0 Å². The molecular formula is C14H29N3O. The monoisotopic (exact) mass is 255 g/mol. The number of primary amides is 1. The molecule has 2 atom stereocenters. The van der Waals surface area contributed by atoms with Crippen LogP contribution in [0.3, 0.4) is 0 Å². The van der Waals surface area contributed by atoms with Gasteiger partial charge in [0.1, 0.15) is 5.54 Å². The van der Waals surface area contributed by atoms with Gasteiger partial charge in [0.15, 0.2) is 0 Å². The van der Waals surface area contributed by atoms with Crippen LogP contribution >= 0.6 is 0 Å². The molecule has 1 aliphatic heterocycles. The van der Waals surface area contributed by atoms with Gasteiger partial charge in [0.05, 0.1) is 0 Å². The third-order valence-electron chi connectivity index (χ3n) is 4.05. The van der Waals surface area contributed by atoms with Crippen LogP contribution in [0.2, 0.25) is 0 Å².